The fraction of sp³-hybridized carbons (Fsp3) is 0.500. The third-order valence-corrected chi connectivity index (χ3v) is 2.19. The summed E-state index contributed by atoms with van der Waals surface area (Å²) in [5.74, 6) is 0. The highest BCUT2D eigenvalue weighted by molar-refractivity contribution is 7.07. The zero-order valence-corrected chi connectivity index (χ0v) is 7.43. The molecule has 0 bridgehead atoms. The van der Waals surface area contributed by atoms with Gasteiger partial charge in [-0.1, -0.05) is 0 Å². The maximum atomic E-state index is 5.76. The second-order valence-electron chi connectivity index (χ2n) is 2.55. The van der Waals surface area contributed by atoms with Crippen LogP contribution >= 0.6 is 11.3 Å². The molecule has 0 spiro atoms. The maximum Gasteiger partial charge on any atom is 0.0616 e. The van der Waals surface area contributed by atoms with Crippen molar-refractivity contribution < 1.29 is 4.74 Å². The van der Waals surface area contributed by atoms with Gasteiger partial charge in [0.1, 0.15) is 0 Å². The Kier molecular flexibility index (Phi) is 3.56. The van der Waals surface area contributed by atoms with Crippen LogP contribution in [0.1, 0.15) is 5.56 Å². The van der Waals surface area contributed by atoms with Crippen molar-refractivity contribution in [3.63, 3.8) is 0 Å². The van der Waals surface area contributed by atoms with Crippen LogP contribution in [0.5, 0.6) is 0 Å². The van der Waals surface area contributed by atoms with E-state index in [4.69, 9.17) is 10.5 Å². The van der Waals surface area contributed by atoms with Gasteiger partial charge in [0.05, 0.1) is 6.61 Å². The maximum absolute atomic E-state index is 5.76. The average molecular weight is 171 g/mol. The van der Waals surface area contributed by atoms with Gasteiger partial charge in [0.2, 0.25) is 0 Å². The molecule has 0 aromatic carbocycles. The topological polar surface area (TPSA) is 35.2 Å². The molecular formula is C8H13NOS. The summed E-state index contributed by atoms with van der Waals surface area (Å²) in [6.45, 7) is 0.635. The van der Waals surface area contributed by atoms with E-state index in [1.807, 2.05) is 0 Å². The van der Waals surface area contributed by atoms with Gasteiger partial charge in [-0.3, -0.25) is 0 Å². The van der Waals surface area contributed by atoms with Gasteiger partial charge in [0.15, 0.2) is 0 Å². The molecule has 0 saturated carbocycles. The molecule has 3 heteroatoms. The molecule has 2 nitrogen and oxygen atoms in total. The SMILES string of the molecule is COCC(N)Cc1ccsc1. The molecule has 0 fully saturated rings. The Morgan fingerprint density at radius 2 is 2.55 bits per heavy atom. The molecule has 0 aliphatic carbocycles. The third kappa shape index (κ3) is 3.01. The molecular weight excluding hydrogens is 158 g/mol. The van der Waals surface area contributed by atoms with Gasteiger partial charge in [0, 0.05) is 13.2 Å². The predicted octanol–water partition coefficient (Wildman–Crippen LogP) is 1.26. The van der Waals surface area contributed by atoms with Gasteiger partial charge >= 0.3 is 0 Å². The van der Waals surface area contributed by atoms with Gasteiger partial charge < -0.3 is 10.5 Å². The summed E-state index contributed by atoms with van der Waals surface area (Å²) in [4.78, 5) is 0. The minimum Gasteiger partial charge on any atom is -0.383 e. The number of nitrogens with two attached hydrogens (primary N) is 1. The van der Waals surface area contributed by atoms with Crippen molar-refractivity contribution in [1.29, 1.82) is 0 Å². The second kappa shape index (κ2) is 4.49. The summed E-state index contributed by atoms with van der Waals surface area (Å²) < 4.78 is 4.93. The van der Waals surface area contributed by atoms with Crippen LogP contribution in [0, 0.1) is 0 Å². The highest BCUT2D eigenvalue weighted by atomic mass is 32.1. The van der Waals surface area contributed by atoms with E-state index in [1.165, 1.54) is 5.56 Å². The van der Waals surface area contributed by atoms with Crippen LogP contribution in [0.15, 0.2) is 16.8 Å². The van der Waals surface area contributed by atoms with Gasteiger partial charge in [-0.2, -0.15) is 11.3 Å². The molecule has 1 rings (SSSR count). The summed E-state index contributed by atoms with van der Waals surface area (Å²) in [7, 11) is 1.67. The second-order valence-corrected chi connectivity index (χ2v) is 3.33. The van der Waals surface area contributed by atoms with E-state index in [9.17, 15) is 0 Å². The molecule has 1 heterocycles. The lowest BCUT2D eigenvalue weighted by molar-refractivity contribution is 0.180. The molecule has 0 aliphatic rings. The summed E-state index contributed by atoms with van der Waals surface area (Å²) >= 11 is 1.70. The quantitative estimate of drug-likeness (QED) is 0.740. The van der Waals surface area contributed by atoms with E-state index in [2.05, 4.69) is 16.8 Å². The van der Waals surface area contributed by atoms with Crippen LogP contribution in [0.4, 0.5) is 0 Å². The lowest BCUT2D eigenvalue weighted by Gasteiger charge is -2.07. The van der Waals surface area contributed by atoms with E-state index >= 15 is 0 Å². The van der Waals surface area contributed by atoms with Crippen molar-refractivity contribution in [1.82, 2.24) is 0 Å². The molecule has 2 N–H and O–H groups in total. The molecule has 0 aliphatic heterocycles. The van der Waals surface area contributed by atoms with E-state index in [1.54, 1.807) is 18.4 Å². The lowest BCUT2D eigenvalue weighted by Crippen LogP contribution is -2.27. The van der Waals surface area contributed by atoms with Gasteiger partial charge in [-0.25, -0.2) is 0 Å². The van der Waals surface area contributed by atoms with Crippen molar-refractivity contribution in [3.05, 3.63) is 22.4 Å². The van der Waals surface area contributed by atoms with E-state index < -0.39 is 0 Å². The van der Waals surface area contributed by atoms with Crippen LogP contribution in [0.2, 0.25) is 0 Å². The van der Waals surface area contributed by atoms with Crippen LogP contribution < -0.4 is 5.73 Å². The van der Waals surface area contributed by atoms with Crippen LogP contribution in [0.25, 0.3) is 0 Å². The van der Waals surface area contributed by atoms with Crippen LogP contribution in [0.3, 0.4) is 0 Å². The predicted molar refractivity (Wildman–Crippen MR) is 47.9 cm³/mol. The molecule has 62 valence electrons. The Balaban J connectivity index is 2.31. The number of rotatable bonds is 4. The zero-order valence-electron chi connectivity index (χ0n) is 6.62. The molecule has 1 unspecified atom stereocenters. The molecule has 1 aromatic heterocycles. The van der Waals surface area contributed by atoms with Crippen molar-refractivity contribution in [3.8, 4) is 0 Å². The third-order valence-electron chi connectivity index (χ3n) is 1.46. The van der Waals surface area contributed by atoms with Gasteiger partial charge in [-0.05, 0) is 28.8 Å². The summed E-state index contributed by atoms with van der Waals surface area (Å²) in [5, 5.41) is 4.18. The standard InChI is InChI=1S/C8H13NOS/c1-10-5-8(9)4-7-2-3-11-6-7/h2-3,6,8H,4-5,9H2,1H3. The zero-order chi connectivity index (χ0) is 8.10. The normalized spacial score (nSPS) is 13.3. The van der Waals surface area contributed by atoms with Crippen molar-refractivity contribution >= 4 is 11.3 Å². The first-order valence-electron chi connectivity index (χ1n) is 3.58. The van der Waals surface area contributed by atoms with Crippen LogP contribution in [-0.4, -0.2) is 19.8 Å². The highest BCUT2D eigenvalue weighted by Gasteiger charge is 2.02. The fourth-order valence-corrected chi connectivity index (χ4v) is 1.67. The number of hydrogen-bond acceptors (Lipinski definition) is 3. The Labute approximate surface area is 71.0 Å². The van der Waals surface area contributed by atoms with E-state index in [-0.39, 0.29) is 6.04 Å². The molecule has 1 aromatic rings. The lowest BCUT2D eigenvalue weighted by atomic mass is 10.1. The molecule has 0 saturated heterocycles. The van der Waals surface area contributed by atoms with Crippen LogP contribution in [-0.2, 0) is 11.2 Å². The molecule has 1 atom stereocenters. The average Bonchev–Trinajstić information content (AvgIpc) is 2.40. The highest BCUT2D eigenvalue weighted by Crippen LogP contribution is 2.07. The summed E-state index contributed by atoms with van der Waals surface area (Å²) in [6, 6.07) is 2.23. The van der Waals surface area contributed by atoms with E-state index in [0.29, 0.717) is 6.61 Å². The Hall–Kier alpha value is -0.380. The van der Waals surface area contributed by atoms with E-state index in [0.717, 1.165) is 6.42 Å². The smallest absolute Gasteiger partial charge is 0.0616 e. The number of hydrogen-bond donors (Lipinski definition) is 1. The summed E-state index contributed by atoms with van der Waals surface area (Å²) in [5.41, 5.74) is 7.06. The fourth-order valence-electron chi connectivity index (χ4n) is 0.985. The molecule has 0 amide bonds. The number of ether oxygens (including phenoxy) is 1. The largest absolute Gasteiger partial charge is 0.383 e. The number of thiophene rings is 1. The van der Waals surface area contributed by atoms with Gasteiger partial charge in [0.25, 0.3) is 0 Å². The van der Waals surface area contributed by atoms with Crippen molar-refractivity contribution in [2.24, 2.45) is 5.73 Å². The van der Waals surface area contributed by atoms with Gasteiger partial charge in [-0.15, -0.1) is 0 Å². The minimum absolute atomic E-state index is 0.134. The monoisotopic (exact) mass is 171 g/mol. The number of methoxy groups -OCH3 is 1. The Morgan fingerprint density at radius 1 is 1.73 bits per heavy atom. The van der Waals surface area contributed by atoms with Crippen molar-refractivity contribution in [2.45, 2.75) is 12.5 Å². The molecule has 11 heavy (non-hydrogen) atoms. The first-order valence-corrected chi connectivity index (χ1v) is 4.53. The minimum atomic E-state index is 0.134. The molecule has 0 radical (unpaired) electrons. The Morgan fingerprint density at radius 3 is 3.09 bits per heavy atom. The first kappa shape index (κ1) is 8.71. The first-order chi connectivity index (χ1) is 5.33. The summed E-state index contributed by atoms with van der Waals surface area (Å²) in [6.07, 6.45) is 0.914. The Bertz CT molecular complexity index is 186. The van der Waals surface area contributed by atoms with Crippen molar-refractivity contribution in [2.75, 3.05) is 13.7 Å².